The average Bonchev–Trinajstić information content (AvgIpc) is 2.97. The van der Waals surface area contributed by atoms with Gasteiger partial charge in [0.2, 0.25) is 5.91 Å². The topological polar surface area (TPSA) is 65.4 Å². The lowest BCUT2D eigenvalue weighted by Gasteiger charge is -2.17. The van der Waals surface area contributed by atoms with Gasteiger partial charge in [0.05, 0.1) is 17.9 Å². The Kier molecular flexibility index (Phi) is 7.81. The number of hydrogen-bond acceptors (Lipinski definition) is 4. The predicted octanol–water partition coefficient (Wildman–Crippen LogP) is 2.94. The van der Waals surface area contributed by atoms with Crippen molar-refractivity contribution < 1.29 is 14.3 Å². The van der Waals surface area contributed by atoms with Gasteiger partial charge in [0.1, 0.15) is 0 Å². The Balaban J connectivity index is 1.82. The van der Waals surface area contributed by atoms with E-state index in [1.165, 1.54) is 0 Å². The summed E-state index contributed by atoms with van der Waals surface area (Å²) in [5.74, 6) is -0.00275. The van der Waals surface area contributed by atoms with Crippen LogP contribution in [-0.2, 0) is 20.7 Å². The molecule has 1 amide bonds. The minimum atomic E-state index is -0.381. The summed E-state index contributed by atoms with van der Waals surface area (Å²) in [5.41, 5.74) is 4.25. The molecule has 1 aromatic heterocycles. The number of nitrogens with one attached hydrogen (secondary N) is 1. The van der Waals surface area contributed by atoms with E-state index in [1.54, 1.807) is 0 Å². The lowest BCUT2D eigenvalue weighted by atomic mass is 10.1. The number of benzene rings is 1. The maximum atomic E-state index is 12.0. The van der Waals surface area contributed by atoms with Crippen LogP contribution < -0.4 is 5.32 Å². The molecule has 1 N–H and O–H groups in total. The van der Waals surface area contributed by atoms with Crippen LogP contribution >= 0.6 is 0 Å². The molecule has 0 bridgehead atoms. The lowest BCUT2D eigenvalue weighted by molar-refractivity contribution is -0.140. The van der Waals surface area contributed by atoms with Gasteiger partial charge in [-0.3, -0.25) is 4.79 Å². The van der Waals surface area contributed by atoms with Crippen molar-refractivity contribution in [2.45, 2.75) is 46.8 Å². The zero-order valence-electron chi connectivity index (χ0n) is 16.1. The number of aromatic nitrogens is 2. The van der Waals surface area contributed by atoms with E-state index in [1.807, 2.05) is 56.6 Å². The molecular weight excluding hydrogens is 330 g/mol. The van der Waals surface area contributed by atoms with E-state index >= 15 is 0 Å². The Bertz CT molecular complexity index is 689. The van der Waals surface area contributed by atoms with Gasteiger partial charge in [-0.05, 0) is 57.9 Å². The van der Waals surface area contributed by atoms with E-state index in [0.29, 0.717) is 32.6 Å². The van der Waals surface area contributed by atoms with Crippen molar-refractivity contribution in [1.29, 1.82) is 0 Å². The Morgan fingerprint density at radius 2 is 1.81 bits per heavy atom. The van der Waals surface area contributed by atoms with Gasteiger partial charge in [0, 0.05) is 25.3 Å². The second kappa shape index (κ2) is 10.1. The van der Waals surface area contributed by atoms with Gasteiger partial charge in [-0.15, -0.1) is 0 Å². The van der Waals surface area contributed by atoms with Crippen molar-refractivity contribution in [2.75, 3.05) is 19.8 Å². The van der Waals surface area contributed by atoms with Crippen LogP contribution in [-0.4, -0.2) is 41.7 Å². The fourth-order valence-corrected chi connectivity index (χ4v) is 2.78. The third-order valence-corrected chi connectivity index (χ3v) is 4.00. The quantitative estimate of drug-likeness (QED) is 0.663. The number of hydrogen-bond donors (Lipinski definition) is 1. The molecule has 0 spiro atoms. The highest BCUT2D eigenvalue weighted by atomic mass is 16.7. The molecule has 2 aromatic rings. The third kappa shape index (κ3) is 5.97. The molecular formula is C20H29N3O3. The van der Waals surface area contributed by atoms with Crippen LogP contribution in [0.1, 0.15) is 37.2 Å². The van der Waals surface area contributed by atoms with E-state index in [0.717, 1.165) is 22.6 Å². The fourth-order valence-electron chi connectivity index (χ4n) is 2.78. The molecule has 142 valence electrons. The number of carbonyl (C=O) groups excluding carboxylic acids is 1. The van der Waals surface area contributed by atoms with E-state index in [9.17, 15) is 4.79 Å². The molecule has 0 aliphatic carbocycles. The Morgan fingerprint density at radius 3 is 2.35 bits per heavy atom. The van der Waals surface area contributed by atoms with Crippen LogP contribution in [0.25, 0.3) is 5.69 Å². The van der Waals surface area contributed by atoms with E-state index < -0.39 is 0 Å². The van der Waals surface area contributed by atoms with E-state index in [2.05, 4.69) is 16.5 Å². The van der Waals surface area contributed by atoms with Crippen molar-refractivity contribution in [3.05, 3.63) is 47.3 Å². The number of amides is 1. The first kappa shape index (κ1) is 20.1. The monoisotopic (exact) mass is 359 g/mol. The van der Waals surface area contributed by atoms with Crippen molar-refractivity contribution >= 4 is 5.91 Å². The van der Waals surface area contributed by atoms with Crippen molar-refractivity contribution in [3.8, 4) is 5.69 Å². The second-order valence-electron chi connectivity index (χ2n) is 6.15. The lowest BCUT2D eigenvalue weighted by Crippen LogP contribution is -2.35. The molecule has 2 rings (SSSR count). The summed E-state index contributed by atoms with van der Waals surface area (Å²) in [5, 5.41) is 7.35. The van der Waals surface area contributed by atoms with Crippen molar-refractivity contribution in [1.82, 2.24) is 15.1 Å². The summed E-state index contributed by atoms with van der Waals surface area (Å²) < 4.78 is 12.8. The first-order chi connectivity index (χ1) is 12.5. The molecule has 0 aliphatic heterocycles. The van der Waals surface area contributed by atoms with Crippen LogP contribution in [0.4, 0.5) is 0 Å². The summed E-state index contributed by atoms with van der Waals surface area (Å²) in [7, 11) is 0. The van der Waals surface area contributed by atoms with Gasteiger partial charge < -0.3 is 14.8 Å². The van der Waals surface area contributed by atoms with Crippen LogP contribution in [0, 0.1) is 13.8 Å². The van der Waals surface area contributed by atoms with Gasteiger partial charge in [0.25, 0.3) is 0 Å². The molecule has 1 heterocycles. The SMILES string of the molecule is CCOC(CNC(=O)CCc1ccc(-n2nc(C)cc2C)cc1)OCC. The average molecular weight is 359 g/mol. The minimum absolute atomic E-state index is 0.00275. The van der Waals surface area contributed by atoms with E-state index in [4.69, 9.17) is 9.47 Å². The minimum Gasteiger partial charge on any atom is -0.351 e. The maximum absolute atomic E-state index is 12.0. The standard InChI is InChI=1S/C20H29N3O3/c1-5-25-20(26-6-2)14-21-19(24)12-9-17-7-10-18(11-8-17)23-16(4)13-15(3)22-23/h7-8,10-11,13,20H,5-6,9,12,14H2,1-4H3,(H,21,24). The zero-order chi connectivity index (χ0) is 18.9. The Hall–Kier alpha value is -2.18. The highest BCUT2D eigenvalue weighted by Gasteiger charge is 2.10. The second-order valence-corrected chi connectivity index (χ2v) is 6.15. The summed E-state index contributed by atoms with van der Waals surface area (Å²) in [4.78, 5) is 12.0. The van der Waals surface area contributed by atoms with Gasteiger partial charge in [-0.2, -0.15) is 5.10 Å². The van der Waals surface area contributed by atoms with Crippen LogP contribution in [0.3, 0.4) is 0 Å². The van der Waals surface area contributed by atoms with Gasteiger partial charge in [0.15, 0.2) is 6.29 Å². The summed E-state index contributed by atoms with van der Waals surface area (Å²) in [6.07, 6.45) is 0.746. The van der Waals surface area contributed by atoms with Crippen LogP contribution in [0.5, 0.6) is 0 Å². The largest absolute Gasteiger partial charge is 0.351 e. The molecule has 0 aliphatic rings. The fraction of sp³-hybridized carbons (Fsp3) is 0.500. The highest BCUT2D eigenvalue weighted by Crippen LogP contribution is 2.14. The van der Waals surface area contributed by atoms with Gasteiger partial charge in [-0.1, -0.05) is 12.1 Å². The zero-order valence-corrected chi connectivity index (χ0v) is 16.1. The Morgan fingerprint density at radius 1 is 1.15 bits per heavy atom. The maximum Gasteiger partial charge on any atom is 0.220 e. The molecule has 6 heteroatoms. The van der Waals surface area contributed by atoms with Gasteiger partial charge in [-0.25, -0.2) is 4.68 Å². The predicted molar refractivity (Wildman–Crippen MR) is 101 cm³/mol. The third-order valence-electron chi connectivity index (χ3n) is 4.00. The van der Waals surface area contributed by atoms with Gasteiger partial charge >= 0.3 is 0 Å². The molecule has 0 unspecified atom stereocenters. The first-order valence-electron chi connectivity index (χ1n) is 9.16. The molecule has 6 nitrogen and oxygen atoms in total. The van der Waals surface area contributed by atoms with Crippen molar-refractivity contribution in [2.24, 2.45) is 0 Å². The molecule has 1 aromatic carbocycles. The molecule has 0 saturated carbocycles. The van der Waals surface area contributed by atoms with Crippen LogP contribution in [0.15, 0.2) is 30.3 Å². The first-order valence-corrected chi connectivity index (χ1v) is 9.16. The van der Waals surface area contributed by atoms with Crippen molar-refractivity contribution in [3.63, 3.8) is 0 Å². The Labute approximate surface area is 155 Å². The normalized spacial score (nSPS) is 11.1. The number of nitrogens with zero attached hydrogens (tertiary/aromatic N) is 2. The number of aryl methyl sites for hydroxylation is 3. The number of ether oxygens (including phenoxy) is 2. The summed E-state index contributed by atoms with van der Waals surface area (Å²) in [6, 6.07) is 10.2. The molecule has 0 fully saturated rings. The molecule has 0 atom stereocenters. The summed E-state index contributed by atoms with van der Waals surface area (Å²) in [6.45, 7) is 9.32. The molecule has 0 saturated heterocycles. The van der Waals surface area contributed by atoms with E-state index in [-0.39, 0.29) is 12.2 Å². The van der Waals surface area contributed by atoms with Crippen LogP contribution in [0.2, 0.25) is 0 Å². The smallest absolute Gasteiger partial charge is 0.220 e. The number of carbonyl (C=O) groups is 1. The molecule has 0 radical (unpaired) electrons. The summed E-state index contributed by atoms with van der Waals surface area (Å²) >= 11 is 0. The molecule has 26 heavy (non-hydrogen) atoms. The number of rotatable bonds is 10. The highest BCUT2D eigenvalue weighted by molar-refractivity contribution is 5.76.